The van der Waals surface area contributed by atoms with Crippen molar-refractivity contribution >= 4 is 40.0 Å². The first-order valence-electron chi connectivity index (χ1n) is 3.19. The van der Waals surface area contributed by atoms with Gasteiger partial charge in [0, 0.05) is 16.6 Å². The van der Waals surface area contributed by atoms with Gasteiger partial charge in [0.2, 0.25) is 0 Å². The maximum Gasteiger partial charge on any atom is 0.336 e. The lowest BCUT2D eigenvalue weighted by molar-refractivity contribution is -0.384. The van der Waals surface area contributed by atoms with Gasteiger partial charge in [-0.3, -0.25) is 10.1 Å². The zero-order valence-electron chi connectivity index (χ0n) is 6.64. The maximum absolute atomic E-state index is 10.5. The van der Waals surface area contributed by atoms with Crippen molar-refractivity contribution < 1.29 is 14.8 Å². The van der Waals surface area contributed by atoms with Crippen molar-refractivity contribution in [3.8, 4) is 0 Å². The van der Waals surface area contributed by atoms with E-state index in [0.29, 0.717) is 0 Å². The number of nitro groups is 1. The molecule has 0 fully saturated rings. The second kappa shape index (κ2) is 4.92. The minimum absolute atomic E-state index is 0. The largest absolute Gasteiger partial charge is 0.478 e. The topological polar surface area (TPSA) is 80.4 Å². The van der Waals surface area contributed by atoms with Crippen LogP contribution in [0.15, 0.2) is 22.7 Å². The molecule has 0 bridgehead atoms. The molecular formula is C7H5BrClNO4. The van der Waals surface area contributed by atoms with Gasteiger partial charge in [-0.15, -0.1) is 12.4 Å². The Kier molecular flexibility index (Phi) is 4.52. The van der Waals surface area contributed by atoms with E-state index in [4.69, 9.17) is 5.11 Å². The Morgan fingerprint density at radius 3 is 2.43 bits per heavy atom. The van der Waals surface area contributed by atoms with E-state index in [-0.39, 0.29) is 28.1 Å². The summed E-state index contributed by atoms with van der Waals surface area (Å²) in [6.07, 6.45) is 0. The molecule has 0 aromatic heterocycles. The third kappa shape index (κ3) is 2.68. The van der Waals surface area contributed by atoms with Crippen LogP contribution in [0.5, 0.6) is 0 Å². The highest BCUT2D eigenvalue weighted by Crippen LogP contribution is 2.22. The molecule has 0 aliphatic heterocycles. The fourth-order valence-electron chi connectivity index (χ4n) is 0.791. The van der Waals surface area contributed by atoms with Gasteiger partial charge in [-0.05, 0) is 22.0 Å². The Labute approximate surface area is 93.4 Å². The van der Waals surface area contributed by atoms with Crippen LogP contribution in [0, 0.1) is 10.1 Å². The predicted octanol–water partition coefficient (Wildman–Crippen LogP) is 2.48. The minimum atomic E-state index is -1.12. The van der Waals surface area contributed by atoms with Crippen molar-refractivity contribution in [2.45, 2.75) is 0 Å². The number of non-ortho nitro benzene ring substituents is 1. The van der Waals surface area contributed by atoms with Crippen molar-refractivity contribution in [3.05, 3.63) is 38.3 Å². The molecule has 0 atom stereocenters. The van der Waals surface area contributed by atoms with Crippen molar-refractivity contribution in [1.29, 1.82) is 0 Å². The number of benzene rings is 1. The van der Waals surface area contributed by atoms with Crippen molar-refractivity contribution in [1.82, 2.24) is 0 Å². The van der Waals surface area contributed by atoms with E-state index < -0.39 is 10.9 Å². The van der Waals surface area contributed by atoms with Gasteiger partial charge in [0.1, 0.15) is 0 Å². The number of hydrogen-bond donors (Lipinski definition) is 1. The standard InChI is InChI=1S/C7H4BrNO4.ClH/c8-6-3-4(9(12)13)1-2-5(6)7(10)11;/h1-3H,(H,10,11);1H. The third-order valence-corrected chi connectivity index (χ3v) is 2.05. The predicted molar refractivity (Wildman–Crippen MR) is 55.0 cm³/mol. The van der Waals surface area contributed by atoms with Crippen LogP contribution in [0.3, 0.4) is 0 Å². The van der Waals surface area contributed by atoms with E-state index in [0.717, 1.165) is 12.1 Å². The molecule has 0 aliphatic carbocycles. The van der Waals surface area contributed by atoms with Crippen LogP contribution in [-0.2, 0) is 0 Å². The second-order valence-corrected chi connectivity index (χ2v) is 3.08. The lowest BCUT2D eigenvalue weighted by Gasteiger charge is -1.97. The molecule has 76 valence electrons. The quantitative estimate of drug-likeness (QED) is 0.667. The second-order valence-electron chi connectivity index (χ2n) is 2.23. The summed E-state index contributed by atoms with van der Waals surface area (Å²) in [5.74, 6) is -1.12. The molecule has 0 amide bonds. The van der Waals surface area contributed by atoms with Gasteiger partial charge in [0.05, 0.1) is 10.5 Å². The van der Waals surface area contributed by atoms with Crippen molar-refractivity contribution in [2.75, 3.05) is 0 Å². The van der Waals surface area contributed by atoms with Gasteiger partial charge in [-0.2, -0.15) is 0 Å². The van der Waals surface area contributed by atoms with Gasteiger partial charge in [-0.1, -0.05) is 0 Å². The number of carbonyl (C=O) groups is 1. The molecule has 1 rings (SSSR count). The van der Waals surface area contributed by atoms with Gasteiger partial charge >= 0.3 is 5.97 Å². The molecular weight excluding hydrogens is 277 g/mol. The first kappa shape index (κ1) is 12.9. The Morgan fingerprint density at radius 1 is 1.50 bits per heavy atom. The fourth-order valence-corrected chi connectivity index (χ4v) is 1.33. The lowest BCUT2D eigenvalue weighted by atomic mass is 10.2. The number of nitrogens with zero attached hydrogens (tertiary/aromatic N) is 1. The summed E-state index contributed by atoms with van der Waals surface area (Å²) >= 11 is 2.93. The first-order valence-corrected chi connectivity index (χ1v) is 3.99. The van der Waals surface area contributed by atoms with Crippen LogP contribution in [0.4, 0.5) is 5.69 Å². The molecule has 0 heterocycles. The van der Waals surface area contributed by atoms with Gasteiger partial charge < -0.3 is 5.11 Å². The normalized spacial score (nSPS) is 8.93. The SMILES string of the molecule is Cl.O=C(O)c1ccc([N+](=O)[O-])cc1Br. The van der Waals surface area contributed by atoms with Crippen LogP contribution >= 0.6 is 28.3 Å². The highest BCUT2D eigenvalue weighted by atomic mass is 79.9. The molecule has 0 saturated carbocycles. The van der Waals surface area contributed by atoms with Crippen LogP contribution in [0.1, 0.15) is 10.4 Å². The molecule has 0 aliphatic rings. The summed E-state index contributed by atoms with van der Waals surface area (Å²) in [7, 11) is 0. The summed E-state index contributed by atoms with van der Waals surface area (Å²) in [5, 5.41) is 18.9. The van der Waals surface area contributed by atoms with Crippen molar-refractivity contribution in [3.63, 3.8) is 0 Å². The molecule has 14 heavy (non-hydrogen) atoms. The number of aromatic carboxylic acids is 1. The first-order chi connectivity index (χ1) is 6.02. The van der Waals surface area contributed by atoms with Gasteiger partial charge in [0.15, 0.2) is 0 Å². The third-order valence-electron chi connectivity index (χ3n) is 1.39. The molecule has 0 spiro atoms. The molecule has 0 unspecified atom stereocenters. The number of nitro benzene ring substituents is 1. The molecule has 1 aromatic rings. The number of carboxylic acids is 1. The average molecular weight is 282 g/mol. The van der Waals surface area contributed by atoms with Gasteiger partial charge in [0.25, 0.3) is 5.69 Å². The molecule has 7 heteroatoms. The van der Waals surface area contributed by atoms with Crippen LogP contribution in [-0.4, -0.2) is 16.0 Å². The van der Waals surface area contributed by atoms with Gasteiger partial charge in [-0.25, -0.2) is 4.79 Å². The summed E-state index contributed by atoms with van der Waals surface area (Å²) in [4.78, 5) is 20.2. The fraction of sp³-hybridized carbons (Fsp3) is 0. The average Bonchev–Trinajstić information content (AvgIpc) is 2.03. The van der Waals surface area contributed by atoms with Crippen LogP contribution in [0.2, 0.25) is 0 Å². The van der Waals surface area contributed by atoms with E-state index in [1.807, 2.05) is 0 Å². The Balaban J connectivity index is 0.00000169. The van der Waals surface area contributed by atoms with E-state index in [1.54, 1.807) is 0 Å². The van der Waals surface area contributed by atoms with E-state index in [9.17, 15) is 14.9 Å². The zero-order chi connectivity index (χ0) is 10.0. The summed E-state index contributed by atoms with van der Waals surface area (Å²) in [5.41, 5.74) is -0.137. The number of hydrogen-bond acceptors (Lipinski definition) is 3. The molecule has 1 N–H and O–H groups in total. The van der Waals surface area contributed by atoms with Crippen LogP contribution < -0.4 is 0 Å². The summed E-state index contributed by atoms with van der Waals surface area (Å²) in [6.45, 7) is 0. The molecule has 0 saturated heterocycles. The summed E-state index contributed by atoms with van der Waals surface area (Å²) in [6, 6.07) is 3.49. The van der Waals surface area contributed by atoms with E-state index in [2.05, 4.69) is 15.9 Å². The Bertz CT molecular complexity index is 382. The highest BCUT2D eigenvalue weighted by molar-refractivity contribution is 9.10. The molecule has 5 nitrogen and oxygen atoms in total. The van der Waals surface area contributed by atoms with E-state index >= 15 is 0 Å². The lowest BCUT2D eigenvalue weighted by Crippen LogP contribution is -1.98. The van der Waals surface area contributed by atoms with Crippen molar-refractivity contribution in [2.24, 2.45) is 0 Å². The number of rotatable bonds is 2. The Morgan fingerprint density at radius 2 is 2.07 bits per heavy atom. The maximum atomic E-state index is 10.5. The minimum Gasteiger partial charge on any atom is -0.478 e. The zero-order valence-corrected chi connectivity index (χ0v) is 9.04. The summed E-state index contributed by atoms with van der Waals surface area (Å²) < 4.78 is 0.203. The Hall–Kier alpha value is -1.14. The number of halogens is 2. The monoisotopic (exact) mass is 281 g/mol. The van der Waals surface area contributed by atoms with Crippen LogP contribution in [0.25, 0.3) is 0 Å². The van der Waals surface area contributed by atoms with E-state index in [1.165, 1.54) is 6.07 Å². The smallest absolute Gasteiger partial charge is 0.336 e. The highest BCUT2D eigenvalue weighted by Gasteiger charge is 2.12. The molecule has 1 aromatic carbocycles. The molecule has 0 radical (unpaired) electrons. The number of carboxylic acid groups (broad SMARTS) is 1.